The third-order valence-electron chi connectivity index (χ3n) is 10.5. The normalized spacial score (nSPS) is 15.1. The van der Waals surface area contributed by atoms with Gasteiger partial charge in [0.15, 0.2) is 5.65 Å². The van der Waals surface area contributed by atoms with Crippen LogP contribution in [0.2, 0.25) is 0 Å². The number of hydrogen-bond acceptors (Lipinski definition) is 9. The first-order valence-electron chi connectivity index (χ1n) is 19.4. The van der Waals surface area contributed by atoms with E-state index in [9.17, 15) is 14.9 Å². The number of aromatic nitrogens is 3. The molecule has 4 heterocycles. The van der Waals surface area contributed by atoms with E-state index in [2.05, 4.69) is 56.4 Å². The molecule has 0 spiro atoms. The van der Waals surface area contributed by atoms with Crippen molar-refractivity contribution < 1.29 is 14.3 Å². The van der Waals surface area contributed by atoms with Crippen LogP contribution in [0.3, 0.4) is 0 Å². The average molecular weight is 740 g/mol. The maximum atomic E-state index is 13.6. The minimum absolute atomic E-state index is 0.244. The second-order valence-corrected chi connectivity index (χ2v) is 14.2. The second-order valence-electron chi connectivity index (χ2n) is 14.2. The summed E-state index contributed by atoms with van der Waals surface area (Å²) in [5.74, 6) is -0.577. The van der Waals surface area contributed by atoms with E-state index in [-0.39, 0.29) is 30.9 Å². The van der Waals surface area contributed by atoms with Crippen LogP contribution in [0.25, 0.3) is 22.2 Å². The molecule has 2 aliphatic rings. The fraction of sp³-hybridized carbons (Fsp3) is 0.372. The predicted molar refractivity (Wildman–Crippen MR) is 214 cm³/mol. The number of benzene rings is 3. The molecular weight excluding hydrogens is 691 g/mol. The number of aryl methyl sites for hydroxylation is 2. The van der Waals surface area contributed by atoms with E-state index in [0.29, 0.717) is 42.9 Å². The highest BCUT2D eigenvalue weighted by molar-refractivity contribution is 6.00. The van der Waals surface area contributed by atoms with Gasteiger partial charge in [-0.15, -0.1) is 0 Å². The first kappa shape index (κ1) is 37.7. The zero-order valence-corrected chi connectivity index (χ0v) is 31.7. The number of nitriles is 1. The van der Waals surface area contributed by atoms with Crippen LogP contribution >= 0.6 is 0 Å². The SMILES string of the molecule is CCc1nc2c(cnn2CC)c(NC2CCOCC2)c1CNC(=O)c1cccc(C(=O)NCc2ccc(C#N)c(-c3cccc(CN4CCNCC4)c3)c2)c1. The van der Waals surface area contributed by atoms with Gasteiger partial charge in [0.05, 0.1) is 28.9 Å². The summed E-state index contributed by atoms with van der Waals surface area (Å²) in [5.41, 5.74) is 8.85. The molecule has 55 heavy (non-hydrogen) atoms. The maximum Gasteiger partial charge on any atom is 0.251 e. The van der Waals surface area contributed by atoms with Crippen LogP contribution in [0, 0.1) is 11.3 Å². The van der Waals surface area contributed by atoms with Gasteiger partial charge in [0.2, 0.25) is 0 Å². The lowest BCUT2D eigenvalue weighted by Crippen LogP contribution is -2.42. The molecule has 0 unspecified atom stereocenters. The second kappa shape index (κ2) is 17.7. The van der Waals surface area contributed by atoms with Crippen molar-refractivity contribution in [2.45, 2.75) is 65.3 Å². The fourth-order valence-electron chi connectivity index (χ4n) is 7.46. The number of nitrogens with one attached hydrogen (secondary N) is 4. The van der Waals surface area contributed by atoms with Gasteiger partial charge in [-0.05, 0) is 84.8 Å². The van der Waals surface area contributed by atoms with Gasteiger partial charge in [0.1, 0.15) is 0 Å². The zero-order chi connectivity index (χ0) is 38.1. The molecule has 2 aromatic heterocycles. The van der Waals surface area contributed by atoms with Gasteiger partial charge in [0, 0.05) is 94.0 Å². The number of hydrogen-bond donors (Lipinski definition) is 4. The Labute approximate surface area is 322 Å². The Morgan fingerprint density at radius 2 is 1.67 bits per heavy atom. The highest BCUT2D eigenvalue weighted by Gasteiger charge is 2.22. The van der Waals surface area contributed by atoms with Crippen molar-refractivity contribution in [3.05, 3.63) is 112 Å². The largest absolute Gasteiger partial charge is 0.381 e. The third kappa shape index (κ3) is 8.86. The summed E-state index contributed by atoms with van der Waals surface area (Å²) in [5, 5.41) is 28.7. The summed E-state index contributed by atoms with van der Waals surface area (Å²) in [6.45, 7) is 11.6. The summed E-state index contributed by atoms with van der Waals surface area (Å²) in [7, 11) is 0. The monoisotopic (exact) mass is 739 g/mol. The number of rotatable bonds is 13. The van der Waals surface area contributed by atoms with Gasteiger partial charge in [0.25, 0.3) is 11.8 Å². The van der Waals surface area contributed by atoms with Crippen LogP contribution in [0.1, 0.15) is 75.4 Å². The van der Waals surface area contributed by atoms with Gasteiger partial charge in [-0.1, -0.05) is 37.3 Å². The highest BCUT2D eigenvalue weighted by atomic mass is 16.5. The lowest BCUT2D eigenvalue weighted by atomic mass is 9.96. The lowest BCUT2D eigenvalue weighted by molar-refractivity contribution is 0.0904. The summed E-state index contributed by atoms with van der Waals surface area (Å²) < 4.78 is 7.50. The Kier molecular flexibility index (Phi) is 12.1. The Bertz CT molecular complexity index is 2200. The molecule has 284 valence electrons. The minimum atomic E-state index is -0.294. The fourth-order valence-corrected chi connectivity index (χ4v) is 7.46. The number of pyridine rings is 1. The Balaban J connectivity index is 1.03. The maximum absolute atomic E-state index is 13.6. The topological polar surface area (TPSA) is 149 Å². The van der Waals surface area contributed by atoms with Crippen LogP contribution in [0.15, 0.2) is 72.9 Å². The van der Waals surface area contributed by atoms with Gasteiger partial charge < -0.3 is 26.0 Å². The van der Waals surface area contributed by atoms with E-state index in [4.69, 9.17) is 9.72 Å². The molecule has 0 atom stereocenters. The lowest BCUT2D eigenvalue weighted by Gasteiger charge is -2.27. The molecule has 5 aromatic rings. The summed E-state index contributed by atoms with van der Waals surface area (Å²) in [4.78, 5) is 34.4. The molecule has 0 aliphatic carbocycles. The van der Waals surface area contributed by atoms with Crippen molar-refractivity contribution in [3.63, 3.8) is 0 Å². The molecule has 2 fully saturated rings. The van der Waals surface area contributed by atoms with E-state index >= 15 is 0 Å². The molecule has 2 aliphatic heterocycles. The molecule has 0 saturated carbocycles. The number of fused-ring (bicyclic) bond motifs is 1. The molecule has 2 amide bonds. The third-order valence-corrected chi connectivity index (χ3v) is 10.5. The van der Waals surface area contributed by atoms with Crippen molar-refractivity contribution >= 4 is 28.5 Å². The predicted octanol–water partition coefficient (Wildman–Crippen LogP) is 5.41. The molecular formula is C43H49N9O3. The summed E-state index contributed by atoms with van der Waals surface area (Å²) >= 11 is 0. The molecule has 12 nitrogen and oxygen atoms in total. The zero-order valence-electron chi connectivity index (χ0n) is 31.7. The van der Waals surface area contributed by atoms with Crippen LogP contribution in [-0.2, 0) is 37.3 Å². The van der Waals surface area contributed by atoms with E-state index in [1.807, 2.05) is 48.1 Å². The molecule has 0 bridgehead atoms. The summed E-state index contributed by atoms with van der Waals surface area (Å²) in [6.07, 6.45) is 4.33. The average Bonchev–Trinajstić information content (AvgIpc) is 3.66. The molecule has 0 radical (unpaired) electrons. The molecule has 2 saturated heterocycles. The number of carbonyl (C=O) groups is 2. The number of amides is 2. The van der Waals surface area contributed by atoms with Gasteiger partial charge in [-0.25, -0.2) is 9.67 Å². The Morgan fingerprint density at radius 3 is 2.40 bits per heavy atom. The summed E-state index contributed by atoms with van der Waals surface area (Å²) in [6, 6.07) is 23.3. The molecule has 4 N–H and O–H groups in total. The van der Waals surface area contributed by atoms with Crippen molar-refractivity contribution in [2.75, 3.05) is 44.7 Å². The van der Waals surface area contributed by atoms with Gasteiger partial charge >= 0.3 is 0 Å². The Hall–Kier alpha value is -5.61. The Morgan fingerprint density at radius 1 is 0.927 bits per heavy atom. The number of anilines is 1. The van der Waals surface area contributed by atoms with E-state index < -0.39 is 0 Å². The number of ether oxygens (including phenoxy) is 1. The van der Waals surface area contributed by atoms with Crippen molar-refractivity contribution in [1.82, 2.24) is 35.6 Å². The number of nitrogens with zero attached hydrogens (tertiary/aromatic N) is 5. The quantitative estimate of drug-likeness (QED) is 0.124. The first-order chi connectivity index (χ1) is 26.9. The number of piperazine rings is 1. The van der Waals surface area contributed by atoms with E-state index in [1.54, 1.807) is 24.3 Å². The smallest absolute Gasteiger partial charge is 0.251 e. The molecule has 12 heteroatoms. The highest BCUT2D eigenvalue weighted by Crippen LogP contribution is 2.31. The van der Waals surface area contributed by atoms with Crippen LogP contribution < -0.4 is 21.3 Å². The van der Waals surface area contributed by atoms with Crippen molar-refractivity contribution in [1.29, 1.82) is 5.26 Å². The van der Waals surface area contributed by atoms with Crippen LogP contribution in [0.4, 0.5) is 5.69 Å². The molecule has 7 rings (SSSR count). The van der Waals surface area contributed by atoms with Crippen LogP contribution in [-0.4, -0.2) is 76.9 Å². The molecule has 3 aromatic carbocycles. The van der Waals surface area contributed by atoms with Gasteiger partial charge in [-0.2, -0.15) is 10.4 Å². The van der Waals surface area contributed by atoms with Crippen LogP contribution in [0.5, 0.6) is 0 Å². The standard InChI is InChI=1S/C43H49N9O3/c1-3-39-37(40(49-35-13-19-55-20-14-35)38-27-48-52(4-2)41(38)50-39)26-47-43(54)33-10-6-9-32(23-33)42(53)46-25-29-11-12-34(24-44)36(22-29)31-8-5-7-30(21-31)28-51-17-15-45-16-18-51/h5-12,21-23,27,35,45H,3-4,13-20,25-26,28H2,1-2H3,(H,46,53)(H,47,54)(H,49,50). The van der Waals surface area contributed by atoms with Crippen molar-refractivity contribution in [2.24, 2.45) is 0 Å². The number of carbonyl (C=O) groups excluding carboxylic acids is 2. The first-order valence-corrected chi connectivity index (χ1v) is 19.4. The minimum Gasteiger partial charge on any atom is -0.381 e. The van der Waals surface area contributed by atoms with Gasteiger partial charge in [-0.3, -0.25) is 14.5 Å². The van der Waals surface area contributed by atoms with E-state index in [1.165, 1.54) is 5.56 Å². The van der Waals surface area contributed by atoms with Crippen molar-refractivity contribution in [3.8, 4) is 17.2 Å². The van der Waals surface area contributed by atoms with E-state index in [0.717, 1.165) is 90.2 Å².